The Balaban J connectivity index is 1.79. The number of aliphatic hydroxyl groups excluding tert-OH is 1. The van der Waals surface area contributed by atoms with Crippen molar-refractivity contribution in [1.82, 2.24) is 19.5 Å². The van der Waals surface area contributed by atoms with Gasteiger partial charge in [-0.1, -0.05) is 42.0 Å². The third-order valence-electron chi connectivity index (χ3n) is 4.94. The van der Waals surface area contributed by atoms with Crippen molar-refractivity contribution in [2.45, 2.75) is 24.8 Å². The van der Waals surface area contributed by atoms with Crippen LogP contribution in [0.15, 0.2) is 54.6 Å². The number of anilines is 1. The summed E-state index contributed by atoms with van der Waals surface area (Å²) >= 11 is 0. The average Bonchev–Trinajstić information content (AvgIpc) is 3.18. The molecule has 1 aromatic carbocycles. The van der Waals surface area contributed by atoms with Crippen molar-refractivity contribution in [1.29, 1.82) is 0 Å². The highest BCUT2D eigenvalue weighted by atomic mass is 16.3. The molecule has 6 nitrogen and oxygen atoms in total. The summed E-state index contributed by atoms with van der Waals surface area (Å²) < 4.78 is 2.03. The van der Waals surface area contributed by atoms with Gasteiger partial charge >= 0.3 is 0 Å². The Morgan fingerprint density at radius 3 is 2.79 bits per heavy atom. The first-order valence-electron chi connectivity index (χ1n) is 7.93. The summed E-state index contributed by atoms with van der Waals surface area (Å²) in [6, 6.07) is 10.2. The van der Waals surface area contributed by atoms with Crippen LogP contribution in [0.1, 0.15) is 24.9 Å². The number of allylic oxidation sites excluding steroid dienone is 1. The standard InChI is InChI=1S/C18H19N5O/c1-12-7-18(9-24,13-5-3-2-4-6-13)8-14(12)23-11-22-15-16(19)20-10-21-17(15)23/h2-7,10-11,14,24H,8-9H2,1H3,(H2,19,20,21)/t14-,18+/m1/s1. The Labute approximate surface area is 139 Å². The zero-order chi connectivity index (χ0) is 16.7. The van der Waals surface area contributed by atoms with Gasteiger partial charge in [0.1, 0.15) is 11.8 Å². The molecule has 1 aliphatic carbocycles. The number of aromatic nitrogens is 4. The molecule has 2 aromatic heterocycles. The zero-order valence-electron chi connectivity index (χ0n) is 13.4. The number of fused-ring (bicyclic) bond motifs is 1. The van der Waals surface area contributed by atoms with Gasteiger partial charge in [-0.15, -0.1) is 0 Å². The Bertz CT molecular complexity index is 918. The Morgan fingerprint density at radius 2 is 2.04 bits per heavy atom. The van der Waals surface area contributed by atoms with Crippen LogP contribution < -0.4 is 5.73 Å². The number of benzene rings is 1. The van der Waals surface area contributed by atoms with Crippen molar-refractivity contribution in [2.75, 3.05) is 12.3 Å². The minimum atomic E-state index is -0.384. The van der Waals surface area contributed by atoms with E-state index in [0.717, 1.165) is 17.6 Å². The molecule has 122 valence electrons. The molecule has 0 radical (unpaired) electrons. The van der Waals surface area contributed by atoms with Crippen LogP contribution in [-0.4, -0.2) is 31.2 Å². The largest absolute Gasteiger partial charge is 0.395 e. The van der Waals surface area contributed by atoms with E-state index >= 15 is 0 Å². The average molecular weight is 321 g/mol. The first-order chi connectivity index (χ1) is 11.6. The van der Waals surface area contributed by atoms with E-state index in [0.29, 0.717) is 11.3 Å². The molecular formula is C18H19N5O. The van der Waals surface area contributed by atoms with E-state index in [9.17, 15) is 5.11 Å². The molecule has 2 heterocycles. The highest BCUT2D eigenvalue weighted by Crippen LogP contribution is 2.45. The fourth-order valence-corrected chi connectivity index (χ4v) is 3.69. The van der Waals surface area contributed by atoms with Crippen molar-refractivity contribution in [3.05, 3.63) is 60.2 Å². The van der Waals surface area contributed by atoms with Crippen molar-refractivity contribution in [3.63, 3.8) is 0 Å². The molecule has 4 rings (SSSR count). The summed E-state index contributed by atoms with van der Waals surface area (Å²) in [5.74, 6) is 0.384. The summed E-state index contributed by atoms with van der Waals surface area (Å²) in [4.78, 5) is 12.7. The molecular weight excluding hydrogens is 302 g/mol. The second-order valence-corrected chi connectivity index (χ2v) is 6.37. The van der Waals surface area contributed by atoms with Gasteiger partial charge in [-0.25, -0.2) is 15.0 Å². The maximum Gasteiger partial charge on any atom is 0.165 e. The number of nitrogens with two attached hydrogens (primary N) is 1. The van der Waals surface area contributed by atoms with Gasteiger partial charge in [0.2, 0.25) is 0 Å². The molecule has 6 heteroatoms. The van der Waals surface area contributed by atoms with Crippen LogP contribution in [0.2, 0.25) is 0 Å². The van der Waals surface area contributed by atoms with Crippen LogP contribution in [0.5, 0.6) is 0 Å². The quantitative estimate of drug-likeness (QED) is 0.722. The minimum Gasteiger partial charge on any atom is -0.395 e. The van der Waals surface area contributed by atoms with E-state index in [2.05, 4.69) is 40.1 Å². The second-order valence-electron chi connectivity index (χ2n) is 6.37. The first kappa shape index (κ1) is 14.8. The maximum atomic E-state index is 10.1. The van der Waals surface area contributed by atoms with Gasteiger partial charge in [-0.3, -0.25) is 0 Å². The Kier molecular flexibility index (Phi) is 3.35. The number of rotatable bonds is 3. The van der Waals surface area contributed by atoms with Crippen molar-refractivity contribution in [3.8, 4) is 0 Å². The lowest BCUT2D eigenvalue weighted by Crippen LogP contribution is -2.27. The molecule has 0 aliphatic heterocycles. The first-order valence-corrected chi connectivity index (χ1v) is 7.93. The predicted octanol–water partition coefficient (Wildman–Crippen LogP) is 2.23. The van der Waals surface area contributed by atoms with Crippen LogP contribution in [0.3, 0.4) is 0 Å². The molecule has 3 aromatic rings. The SMILES string of the molecule is CC1=C[C@](CO)(c2ccccc2)C[C@H]1n1cnc2c(N)ncnc21. The summed E-state index contributed by atoms with van der Waals surface area (Å²) in [5, 5.41) is 10.1. The summed E-state index contributed by atoms with van der Waals surface area (Å²) in [6.07, 6.45) is 6.15. The minimum absolute atomic E-state index is 0.0641. The zero-order valence-corrected chi connectivity index (χ0v) is 13.4. The summed E-state index contributed by atoms with van der Waals surface area (Å²) in [7, 11) is 0. The van der Waals surface area contributed by atoms with Gasteiger partial charge in [0, 0.05) is 5.41 Å². The monoisotopic (exact) mass is 321 g/mol. The van der Waals surface area contributed by atoms with Crippen LogP contribution in [-0.2, 0) is 5.41 Å². The van der Waals surface area contributed by atoms with E-state index in [1.54, 1.807) is 6.33 Å². The van der Waals surface area contributed by atoms with Crippen LogP contribution >= 0.6 is 0 Å². The van der Waals surface area contributed by atoms with E-state index in [-0.39, 0.29) is 18.1 Å². The van der Waals surface area contributed by atoms with Crippen molar-refractivity contribution < 1.29 is 5.11 Å². The van der Waals surface area contributed by atoms with Gasteiger partial charge in [0.25, 0.3) is 0 Å². The lowest BCUT2D eigenvalue weighted by molar-refractivity contribution is 0.215. The molecule has 2 atom stereocenters. The highest BCUT2D eigenvalue weighted by Gasteiger charge is 2.39. The normalized spacial score (nSPS) is 23.6. The van der Waals surface area contributed by atoms with E-state index in [1.807, 2.05) is 22.8 Å². The van der Waals surface area contributed by atoms with Crippen molar-refractivity contribution in [2.24, 2.45) is 0 Å². The maximum absolute atomic E-state index is 10.1. The van der Waals surface area contributed by atoms with E-state index in [4.69, 9.17) is 5.73 Å². The van der Waals surface area contributed by atoms with Gasteiger partial charge < -0.3 is 15.4 Å². The number of imidazole rings is 1. The number of hydrogen-bond acceptors (Lipinski definition) is 5. The summed E-state index contributed by atoms with van der Waals surface area (Å²) in [6.45, 7) is 2.15. The second kappa shape index (κ2) is 5.42. The van der Waals surface area contributed by atoms with Gasteiger partial charge in [0.15, 0.2) is 11.5 Å². The lowest BCUT2D eigenvalue weighted by Gasteiger charge is -2.27. The lowest BCUT2D eigenvalue weighted by atomic mass is 9.80. The molecule has 0 saturated carbocycles. The Morgan fingerprint density at radius 1 is 1.25 bits per heavy atom. The third-order valence-corrected chi connectivity index (χ3v) is 4.94. The Hall–Kier alpha value is -2.73. The molecule has 0 spiro atoms. The summed E-state index contributed by atoms with van der Waals surface area (Å²) in [5.41, 5.74) is 9.15. The van der Waals surface area contributed by atoms with Crippen LogP contribution in [0, 0.1) is 0 Å². The molecule has 3 N–H and O–H groups in total. The molecule has 1 aliphatic rings. The topological polar surface area (TPSA) is 89.8 Å². The van der Waals surface area contributed by atoms with E-state index in [1.165, 1.54) is 11.9 Å². The van der Waals surface area contributed by atoms with Gasteiger partial charge in [-0.05, 0) is 18.9 Å². The molecule has 24 heavy (non-hydrogen) atoms. The molecule has 0 saturated heterocycles. The molecule has 0 bridgehead atoms. The molecule has 0 unspecified atom stereocenters. The fraction of sp³-hybridized carbons (Fsp3) is 0.278. The highest BCUT2D eigenvalue weighted by molar-refractivity contribution is 5.81. The smallest absolute Gasteiger partial charge is 0.165 e. The van der Waals surface area contributed by atoms with Crippen molar-refractivity contribution >= 4 is 17.0 Å². The van der Waals surface area contributed by atoms with Crippen LogP contribution in [0.4, 0.5) is 5.82 Å². The number of hydrogen-bond donors (Lipinski definition) is 2. The van der Waals surface area contributed by atoms with Gasteiger partial charge in [-0.2, -0.15) is 0 Å². The number of nitrogen functional groups attached to an aromatic ring is 1. The third kappa shape index (κ3) is 2.11. The van der Waals surface area contributed by atoms with E-state index < -0.39 is 0 Å². The molecule has 0 fully saturated rings. The predicted molar refractivity (Wildman–Crippen MR) is 92.4 cm³/mol. The number of aliphatic hydroxyl groups is 1. The molecule has 0 amide bonds. The number of nitrogens with zero attached hydrogens (tertiary/aromatic N) is 4. The fourth-order valence-electron chi connectivity index (χ4n) is 3.69. The van der Waals surface area contributed by atoms with Gasteiger partial charge in [0.05, 0.1) is 19.0 Å². The van der Waals surface area contributed by atoms with Crippen LogP contribution in [0.25, 0.3) is 11.2 Å².